The maximum Gasteiger partial charge on any atom is 0.142 e. The van der Waals surface area contributed by atoms with Gasteiger partial charge in [0.05, 0.1) is 0 Å². The molecule has 0 amide bonds. The fourth-order valence-corrected chi connectivity index (χ4v) is 0.983. The number of hydrogen-bond acceptors (Lipinski definition) is 1. The van der Waals surface area contributed by atoms with E-state index in [9.17, 15) is 4.79 Å². The molecule has 0 aromatic rings. The molecule has 1 heteroatoms. The van der Waals surface area contributed by atoms with E-state index in [4.69, 9.17) is 0 Å². The van der Waals surface area contributed by atoms with Crippen LogP contribution in [0.1, 0.15) is 6.42 Å². The van der Waals surface area contributed by atoms with Crippen LogP contribution in [0.5, 0.6) is 0 Å². The number of carbonyl (C=O) groups is 1. The molecule has 1 nitrogen and oxygen atoms in total. The van der Waals surface area contributed by atoms with E-state index in [-0.39, 0.29) is 0 Å². The van der Waals surface area contributed by atoms with Gasteiger partial charge in [0.1, 0.15) is 6.29 Å². The second-order valence-corrected chi connectivity index (χ2v) is 2.61. The average Bonchev–Trinajstić information content (AvgIpc) is 2.41. The van der Waals surface area contributed by atoms with Gasteiger partial charge in [-0.15, -0.1) is 0 Å². The van der Waals surface area contributed by atoms with E-state index in [1.807, 2.05) is 24.3 Å². The Kier molecular flexibility index (Phi) is 4.33. The quantitative estimate of drug-likeness (QED) is 0.363. The van der Waals surface area contributed by atoms with Gasteiger partial charge in [0, 0.05) is 0 Å². The summed E-state index contributed by atoms with van der Waals surface area (Å²) in [6.07, 6.45) is 19.1. The van der Waals surface area contributed by atoms with E-state index in [0.29, 0.717) is 0 Å². The van der Waals surface area contributed by atoms with Crippen molar-refractivity contribution in [1.82, 2.24) is 0 Å². The molecule has 0 aromatic carbocycles. The molecule has 0 saturated carbocycles. The van der Waals surface area contributed by atoms with Gasteiger partial charge >= 0.3 is 0 Å². The van der Waals surface area contributed by atoms with Crippen molar-refractivity contribution >= 4 is 6.29 Å². The van der Waals surface area contributed by atoms with Gasteiger partial charge in [-0.2, -0.15) is 0 Å². The third-order valence-corrected chi connectivity index (χ3v) is 1.60. The fourth-order valence-electron chi connectivity index (χ4n) is 0.983. The van der Waals surface area contributed by atoms with Crippen molar-refractivity contribution in [2.45, 2.75) is 6.42 Å². The summed E-state index contributed by atoms with van der Waals surface area (Å²) in [7, 11) is 0. The monoisotopic (exact) mass is 172 g/mol. The molecular weight excluding hydrogens is 160 g/mol. The van der Waals surface area contributed by atoms with Crippen molar-refractivity contribution in [2.75, 3.05) is 0 Å². The van der Waals surface area contributed by atoms with E-state index < -0.39 is 0 Å². The summed E-state index contributed by atoms with van der Waals surface area (Å²) in [6.45, 7) is 0. The zero-order valence-electron chi connectivity index (χ0n) is 7.39. The lowest BCUT2D eigenvalue weighted by Crippen LogP contribution is -1.67. The topological polar surface area (TPSA) is 17.1 Å². The third kappa shape index (κ3) is 4.06. The molecule has 13 heavy (non-hydrogen) atoms. The van der Waals surface area contributed by atoms with Crippen LogP contribution in [-0.4, -0.2) is 6.29 Å². The highest BCUT2D eigenvalue weighted by Gasteiger charge is 1.85. The Labute approximate surface area is 78.5 Å². The first-order valence-corrected chi connectivity index (χ1v) is 4.25. The average molecular weight is 172 g/mol. The van der Waals surface area contributed by atoms with Crippen LogP contribution in [0.25, 0.3) is 0 Å². The van der Waals surface area contributed by atoms with E-state index >= 15 is 0 Å². The Bertz CT molecular complexity index is 301. The van der Waals surface area contributed by atoms with Crippen molar-refractivity contribution < 1.29 is 4.79 Å². The second-order valence-electron chi connectivity index (χ2n) is 2.61. The molecule has 0 heterocycles. The number of rotatable bonds is 3. The number of allylic oxidation sites excluding steroid dienone is 10. The summed E-state index contributed by atoms with van der Waals surface area (Å²) in [5.74, 6) is 0. The van der Waals surface area contributed by atoms with E-state index in [1.165, 1.54) is 6.08 Å². The molecule has 0 unspecified atom stereocenters. The number of carbonyl (C=O) groups excluding carboxylic acids is 1. The summed E-state index contributed by atoms with van der Waals surface area (Å²) >= 11 is 0. The Hall–Kier alpha value is -1.63. The van der Waals surface area contributed by atoms with Crippen LogP contribution in [0.3, 0.4) is 0 Å². The maximum absolute atomic E-state index is 9.95. The molecule has 1 aliphatic carbocycles. The Morgan fingerprint density at radius 3 is 2.92 bits per heavy atom. The fraction of sp³-hybridized carbons (Fsp3) is 0.0833. The summed E-state index contributed by atoms with van der Waals surface area (Å²) in [6, 6.07) is 0. The summed E-state index contributed by atoms with van der Waals surface area (Å²) < 4.78 is 0. The smallest absolute Gasteiger partial charge is 0.142 e. The minimum atomic E-state index is 0.765. The van der Waals surface area contributed by atoms with Crippen molar-refractivity contribution in [3.8, 4) is 0 Å². The molecule has 0 atom stereocenters. The van der Waals surface area contributed by atoms with Crippen LogP contribution in [-0.2, 0) is 4.79 Å². The minimum absolute atomic E-state index is 0.765. The van der Waals surface area contributed by atoms with Crippen LogP contribution in [0.15, 0.2) is 60.3 Å². The van der Waals surface area contributed by atoms with Crippen LogP contribution in [0.2, 0.25) is 0 Å². The molecule has 66 valence electrons. The van der Waals surface area contributed by atoms with E-state index in [0.717, 1.165) is 18.3 Å². The van der Waals surface area contributed by atoms with Gasteiger partial charge in [-0.25, -0.2) is 0 Å². The Morgan fingerprint density at radius 1 is 1.15 bits per heavy atom. The molecule has 0 fully saturated rings. The molecule has 0 radical (unpaired) electrons. The first-order valence-electron chi connectivity index (χ1n) is 4.25. The zero-order valence-corrected chi connectivity index (χ0v) is 7.39. The molecular formula is C12H12O. The highest BCUT2D eigenvalue weighted by Crippen LogP contribution is 2.05. The first kappa shape index (κ1) is 9.46. The molecule has 1 rings (SSSR count). The lowest BCUT2D eigenvalue weighted by Gasteiger charge is -1.87. The van der Waals surface area contributed by atoms with Crippen molar-refractivity contribution in [1.29, 1.82) is 0 Å². The SMILES string of the molecule is O=C/C=C/C=C/C1=CC=CCC=C1. The predicted octanol–water partition coefficient (Wildman–Crippen LogP) is 2.74. The largest absolute Gasteiger partial charge is 0.299 e. The number of hydrogen-bond donors (Lipinski definition) is 0. The summed E-state index contributed by atoms with van der Waals surface area (Å²) in [5.41, 5.74) is 1.14. The minimum Gasteiger partial charge on any atom is -0.299 e. The van der Waals surface area contributed by atoms with Crippen LogP contribution in [0.4, 0.5) is 0 Å². The van der Waals surface area contributed by atoms with Gasteiger partial charge in [-0.1, -0.05) is 48.6 Å². The third-order valence-electron chi connectivity index (χ3n) is 1.60. The lowest BCUT2D eigenvalue weighted by atomic mass is 10.2. The molecule has 0 saturated heterocycles. The maximum atomic E-state index is 9.95. The van der Waals surface area contributed by atoms with Gasteiger partial charge in [0.25, 0.3) is 0 Å². The molecule has 1 aliphatic rings. The molecule has 0 bridgehead atoms. The van der Waals surface area contributed by atoms with E-state index in [1.54, 1.807) is 6.08 Å². The Morgan fingerprint density at radius 2 is 2.08 bits per heavy atom. The van der Waals surface area contributed by atoms with Crippen LogP contribution in [0, 0.1) is 0 Å². The summed E-state index contributed by atoms with van der Waals surface area (Å²) in [4.78, 5) is 9.95. The van der Waals surface area contributed by atoms with Crippen LogP contribution < -0.4 is 0 Å². The van der Waals surface area contributed by atoms with E-state index in [2.05, 4.69) is 18.2 Å². The van der Waals surface area contributed by atoms with Gasteiger partial charge in [-0.3, -0.25) is 4.79 Å². The predicted molar refractivity (Wildman–Crippen MR) is 55.3 cm³/mol. The standard InChI is InChI=1S/C12H12O/c13-11-7-3-6-10-12-8-4-1-2-5-9-12/h1,3-11H,2H2/b7-3+,10-6+. The molecule has 0 aliphatic heterocycles. The zero-order chi connectivity index (χ0) is 9.36. The van der Waals surface area contributed by atoms with Gasteiger partial charge in [0.2, 0.25) is 0 Å². The number of aldehydes is 1. The highest BCUT2D eigenvalue weighted by molar-refractivity contribution is 5.65. The lowest BCUT2D eigenvalue weighted by molar-refractivity contribution is -0.104. The van der Waals surface area contributed by atoms with Crippen molar-refractivity contribution in [3.05, 3.63) is 60.3 Å². The van der Waals surface area contributed by atoms with Gasteiger partial charge in [0.15, 0.2) is 0 Å². The van der Waals surface area contributed by atoms with Crippen molar-refractivity contribution in [2.24, 2.45) is 0 Å². The first-order chi connectivity index (χ1) is 6.43. The van der Waals surface area contributed by atoms with Gasteiger partial charge in [-0.05, 0) is 18.1 Å². The molecule has 0 spiro atoms. The summed E-state index contributed by atoms with van der Waals surface area (Å²) in [5, 5.41) is 0. The highest BCUT2D eigenvalue weighted by atomic mass is 16.1. The Balaban J connectivity index is 2.57. The molecule has 0 aromatic heterocycles. The second kappa shape index (κ2) is 5.95. The van der Waals surface area contributed by atoms with Crippen molar-refractivity contribution in [3.63, 3.8) is 0 Å². The molecule has 0 N–H and O–H groups in total. The van der Waals surface area contributed by atoms with Gasteiger partial charge < -0.3 is 0 Å². The normalized spacial score (nSPS) is 16.5. The van der Waals surface area contributed by atoms with Crippen LogP contribution >= 0.6 is 0 Å².